The van der Waals surface area contributed by atoms with Crippen LogP contribution in [0.4, 0.5) is 5.69 Å². The predicted molar refractivity (Wildman–Crippen MR) is 116 cm³/mol. The van der Waals surface area contributed by atoms with Crippen LogP contribution < -0.4 is 9.46 Å². The molecule has 0 saturated carbocycles. The average Bonchev–Trinajstić information content (AvgIpc) is 3.17. The van der Waals surface area contributed by atoms with Gasteiger partial charge in [-0.15, -0.1) is 0 Å². The number of methoxy groups -OCH3 is 1. The number of carboxylic acids is 1. The van der Waals surface area contributed by atoms with Crippen molar-refractivity contribution in [2.24, 2.45) is 5.10 Å². The highest BCUT2D eigenvalue weighted by Gasteiger charge is 2.33. The quantitative estimate of drug-likeness (QED) is 0.643. The Labute approximate surface area is 180 Å². The third-order valence-electron chi connectivity index (χ3n) is 4.74. The van der Waals surface area contributed by atoms with E-state index in [-0.39, 0.29) is 24.8 Å². The Kier molecular flexibility index (Phi) is 6.59. The number of sulfonamides is 1. The summed E-state index contributed by atoms with van der Waals surface area (Å²) in [7, 11) is -1.82. The van der Waals surface area contributed by atoms with E-state index in [1.807, 2.05) is 12.1 Å². The fraction of sp³-hybridized carbons (Fsp3) is 0.286. The maximum Gasteiger partial charge on any atom is 0.303 e. The van der Waals surface area contributed by atoms with E-state index in [1.165, 1.54) is 5.01 Å². The number of hydrazone groups is 1. The van der Waals surface area contributed by atoms with Gasteiger partial charge < -0.3 is 9.84 Å². The molecule has 0 fully saturated rings. The third-order valence-corrected chi connectivity index (χ3v) is 5.35. The van der Waals surface area contributed by atoms with Crippen molar-refractivity contribution in [3.05, 3.63) is 59.7 Å². The van der Waals surface area contributed by atoms with E-state index in [4.69, 9.17) is 9.84 Å². The Hall–Kier alpha value is -3.40. The van der Waals surface area contributed by atoms with E-state index in [1.54, 1.807) is 43.5 Å². The van der Waals surface area contributed by atoms with Crippen molar-refractivity contribution < 1.29 is 27.9 Å². The minimum Gasteiger partial charge on any atom is -0.497 e. The van der Waals surface area contributed by atoms with Gasteiger partial charge in [-0.05, 0) is 35.4 Å². The number of carbonyl (C=O) groups is 2. The molecule has 0 aliphatic carbocycles. The Morgan fingerprint density at radius 3 is 2.32 bits per heavy atom. The number of aliphatic carboxylic acids is 1. The smallest absolute Gasteiger partial charge is 0.303 e. The maximum absolute atomic E-state index is 12.7. The summed E-state index contributed by atoms with van der Waals surface area (Å²) in [5.74, 6) is -0.749. The molecule has 2 aromatic rings. The summed E-state index contributed by atoms with van der Waals surface area (Å²) in [6.07, 6.45) is 1.07. The number of carboxylic acid groups (broad SMARTS) is 1. The summed E-state index contributed by atoms with van der Waals surface area (Å²) < 4.78 is 30.4. The molecule has 1 aliphatic heterocycles. The van der Waals surface area contributed by atoms with Gasteiger partial charge in [0.25, 0.3) is 0 Å². The fourth-order valence-corrected chi connectivity index (χ4v) is 3.84. The minimum atomic E-state index is -3.38. The number of nitrogens with zero attached hydrogens (tertiary/aromatic N) is 2. The molecular weight excluding hydrogens is 422 g/mol. The van der Waals surface area contributed by atoms with Crippen LogP contribution in [0.5, 0.6) is 5.75 Å². The van der Waals surface area contributed by atoms with Gasteiger partial charge >= 0.3 is 5.97 Å². The number of amides is 1. The van der Waals surface area contributed by atoms with Crippen molar-refractivity contribution >= 4 is 33.3 Å². The molecule has 0 radical (unpaired) electrons. The molecule has 3 rings (SSSR count). The van der Waals surface area contributed by atoms with Crippen molar-refractivity contribution in [3.63, 3.8) is 0 Å². The number of anilines is 1. The lowest BCUT2D eigenvalue weighted by molar-refractivity contribution is -0.141. The van der Waals surface area contributed by atoms with Crippen molar-refractivity contribution in [1.82, 2.24) is 5.01 Å². The van der Waals surface area contributed by atoms with E-state index in [0.29, 0.717) is 23.6 Å². The molecule has 2 N–H and O–H groups in total. The fourth-order valence-electron chi connectivity index (χ4n) is 3.27. The van der Waals surface area contributed by atoms with Crippen LogP contribution in [0.25, 0.3) is 0 Å². The van der Waals surface area contributed by atoms with Gasteiger partial charge in [-0.1, -0.05) is 24.3 Å². The number of benzene rings is 2. The van der Waals surface area contributed by atoms with Gasteiger partial charge in [0.1, 0.15) is 5.75 Å². The topological polar surface area (TPSA) is 125 Å². The van der Waals surface area contributed by atoms with Gasteiger partial charge in [0.2, 0.25) is 15.9 Å². The Morgan fingerprint density at radius 2 is 1.77 bits per heavy atom. The first kappa shape index (κ1) is 22.3. The summed E-state index contributed by atoms with van der Waals surface area (Å²) in [4.78, 5) is 23.6. The lowest BCUT2D eigenvalue weighted by Crippen LogP contribution is -2.27. The average molecular weight is 445 g/mol. The standard InChI is InChI=1S/C21H23N3O6S/c1-30-17-9-5-15(6-10-17)19-13-18(22-24(19)20(25)11-12-21(26)27)14-3-7-16(8-4-14)23-31(2,28)29/h3-10,19,23H,11-13H2,1-2H3,(H,26,27)/t19-/m1/s1. The molecule has 0 unspecified atom stereocenters. The van der Waals surface area contributed by atoms with Crippen LogP contribution in [0.1, 0.15) is 36.4 Å². The predicted octanol–water partition coefficient (Wildman–Crippen LogP) is 2.61. The summed E-state index contributed by atoms with van der Waals surface area (Å²) >= 11 is 0. The Bertz CT molecular complexity index is 1090. The van der Waals surface area contributed by atoms with Gasteiger partial charge in [0, 0.05) is 18.5 Å². The molecule has 31 heavy (non-hydrogen) atoms. The maximum atomic E-state index is 12.7. The lowest BCUT2D eigenvalue weighted by atomic mass is 9.98. The van der Waals surface area contributed by atoms with Gasteiger partial charge in [-0.2, -0.15) is 5.10 Å². The van der Waals surface area contributed by atoms with Crippen LogP contribution >= 0.6 is 0 Å². The molecule has 0 saturated heterocycles. The monoisotopic (exact) mass is 445 g/mol. The number of carbonyl (C=O) groups excluding carboxylic acids is 1. The zero-order chi connectivity index (χ0) is 22.6. The summed E-state index contributed by atoms with van der Waals surface area (Å²) in [6.45, 7) is 0. The molecular formula is C21H23N3O6S. The summed E-state index contributed by atoms with van der Waals surface area (Å²) in [5.41, 5.74) is 2.66. The first-order chi connectivity index (χ1) is 14.7. The molecule has 1 atom stereocenters. The molecule has 1 amide bonds. The molecule has 9 nitrogen and oxygen atoms in total. The minimum absolute atomic E-state index is 0.157. The SMILES string of the molecule is COc1ccc([C@H]2CC(c3ccc(NS(C)(=O)=O)cc3)=NN2C(=O)CCC(=O)O)cc1. The lowest BCUT2D eigenvalue weighted by Gasteiger charge is -2.22. The highest BCUT2D eigenvalue weighted by Crippen LogP contribution is 2.34. The van der Waals surface area contributed by atoms with Crippen LogP contribution in [0.3, 0.4) is 0 Å². The second-order valence-corrected chi connectivity index (χ2v) is 8.87. The Morgan fingerprint density at radius 1 is 1.13 bits per heavy atom. The molecule has 1 heterocycles. The normalized spacial score (nSPS) is 16.0. The molecule has 0 aromatic heterocycles. The second kappa shape index (κ2) is 9.17. The van der Waals surface area contributed by atoms with Crippen molar-refractivity contribution in [1.29, 1.82) is 0 Å². The molecule has 1 aliphatic rings. The zero-order valence-corrected chi connectivity index (χ0v) is 17.9. The molecule has 0 bridgehead atoms. The number of ether oxygens (including phenoxy) is 1. The van der Waals surface area contributed by atoms with Crippen molar-refractivity contribution in [2.75, 3.05) is 18.1 Å². The largest absolute Gasteiger partial charge is 0.497 e. The van der Waals surface area contributed by atoms with Gasteiger partial charge in [0.05, 0.1) is 31.5 Å². The first-order valence-electron chi connectivity index (χ1n) is 9.50. The van der Waals surface area contributed by atoms with Crippen LogP contribution in [0.2, 0.25) is 0 Å². The third kappa shape index (κ3) is 5.82. The summed E-state index contributed by atoms with van der Waals surface area (Å²) in [5, 5.41) is 14.7. The van der Waals surface area contributed by atoms with Crippen LogP contribution in [0.15, 0.2) is 53.6 Å². The molecule has 10 heteroatoms. The van der Waals surface area contributed by atoms with Crippen molar-refractivity contribution in [3.8, 4) is 5.75 Å². The van der Waals surface area contributed by atoms with Crippen LogP contribution in [-0.4, -0.2) is 49.5 Å². The van der Waals surface area contributed by atoms with E-state index in [0.717, 1.165) is 17.4 Å². The molecule has 0 spiro atoms. The van der Waals surface area contributed by atoms with Gasteiger partial charge in [-0.3, -0.25) is 14.3 Å². The number of hydrogen-bond acceptors (Lipinski definition) is 6. The van der Waals surface area contributed by atoms with Crippen molar-refractivity contribution in [2.45, 2.75) is 25.3 Å². The Balaban J connectivity index is 1.87. The van der Waals surface area contributed by atoms with Crippen LogP contribution in [-0.2, 0) is 19.6 Å². The number of nitrogens with one attached hydrogen (secondary N) is 1. The van der Waals surface area contributed by atoms with E-state index >= 15 is 0 Å². The van der Waals surface area contributed by atoms with Crippen LogP contribution in [0, 0.1) is 0 Å². The second-order valence-electron chi connectivity index (χ2n) is 7.12. The van der Waals surface area contributed by atoms with E-state index in [9.17, 15) is 18.0 Å². The summed E-state index contributed by atoms with van der Waals surface area (Å²) in [6, 6.07) is 13.6. The van der Waals surface area contributed by atoms with E-state index in [2.05, 4.69) is 9.82 Å². The van der Waals surface area contributed by atoms with E-state index < -0.39 is 16.0 Å². The number of hydrogen-bond donors (Lipinski definition) is 2. The highest BCUT2D eigenvalue weighted by molar-refractivity contribution is 7.92. The first-order valence-corrected chi connectivity index (χ1v) is 11.4. The number of rotatable bonds is 8. The highest BCUT2D eigenvalue weighted by atomic mass is 32.2. The van der Waals surface area contributed by atoms with Gasteiger partial charge in [0.15, 0.2) is 0 Å². The molecule has 2 aromatic carbocycles. The zero-order valence-electron chi connectivity index (χ0n) is 17.1. The molecule has 164 valence electrons. The van der Waals surface area contributed by atoms with Gasteiger partial charge in [-0.25, -0.2) is 13.4 Å².